The minimum atomic E-state index is 0.0953. The maximum atomic E-state index is 11.9. The van der Waals surface area contributed by atoms with E-state index in [1.807, 2.05) is 49.5 Å². The molecular formula is C17H19N3O. The van der Waals surface area contributed by atoms with Crippen LogP contribution in [0.4, 0.5) is 17.2 Å². The van der Waals surface area contributed by atoms with Crippen molar-refractivity contribution in [2.24, 2.45) is 5.92 Å². The summed E-state index contributed by atoms with van der Waals surface area (Å²) in [6.07, 6.45) is 4.94. The molecule has 1 amide bonds. The van der Waals surface area contributed by atoms with E-state index < -0.39 is 0 Å². The second-order valence-electron chi connectivity index (χ2n) is 5.41. The van der Waals surface area contributed by atoms with Crippen LogP contribution in [0.25, 0.3) is 0 Å². The lowest BCUT2D eigenvalue weighted by Crippen LogP contribution is -2.28. The molecule has 1 heterocycles. The zero-order valence-electron chi connectivity index (χ0n) is 12.1. The molecule has 1 fully saturated rings. The predicted molar refractivity (Wildman–Crippen MR) is 84.7 cm³/mol. The summed E-state index contributed by atoms with van der Waals surface area (Å²) in [6.45, 7) is 0. The average molecular weight is 281 g/mol. The third kappa shape index (κ3) is 3.05. The molecule has 108 valence electrons. The Morgan fingerprint density at radius 1 is 1.14 bits per heavy atom. The van der Waals surface area contributed by atoms with Crippen molar-refractivity contribution in [1.82, 2.24) is 4.98 Å². The van der Waals surface area contributed by atoms with Gasteiger partial charge in [-0.3, -0.25) is 4.79 Å². The molecule has 4 nitrogen and oxygen atoms in total. The van der Waals surface area contributed by atoms with Gasteiger partial charge in [0.15, 0.2) is 0 Å². The Morgan fingerprint density at radius 3 is 2.48 bits per heavy atom. The summed E-state index contributed by atoms with van der Waals surface area (Å²) in [5, 5.41) is 2.88. The minimum absolute atomic E-state index is 0.0953. The average Bonchev–Trinajstić information content (AvgIpc) is 2.46. The Kier molecular flexibility index (Phi) is 3.86. The van der Waals surface area contributed by atoms with Gasteiger partial charge in [-0.15, -0.1) is 0 Å². The highest BCUT2D eigenvalue weighted by Gasteiger charge is 2.25. The molecule has 0 saturated heterocycles. The fourth-order valence-corrected chi connectivity index (χ4v) is 2.36. The smallest absolute Gasteiger partial charge is 0.228 e. The second-order valence-corrected chi connectivity index (χ2v) is 5.41. The van der Waals surface area contributed by atoms with Crippen LogP contribution >= 0.6 is 0 Å². The molecule has 2 aromatic rings. The molecule has 0 unspecified atom stereocenters. The van der Waals surface area contributed by atoms with E-state index in [2.05, 4.69) is 15.2 Å². The first-order valence-corrected chi connectivity index (χ1v) is 7.30. The summed E-state index contributed by atoms with van der Waals surface area (Å²) in [7, 11) is 2.00. The molecule has 0 spiro atoms. The number of aromatic nitrogens is 1. The van der Waals surface area contributed by atoms with E-state index in [4.69, 9.17) is 0 Å². The van der Waals surface area contributed by atoms with Crippen LogP contribution in [0.1, 0.15) is 19.3 Å². The van der Waals surface area contributed by atoms with E-state index in [1.165, 1.54) is 0 Å². The summed E-state index contributed by atoms with van der Waals surface area (Å²) in [5.74, 6) is 0.897. The van der Waals surface area contributed by atoms with Crippen LogP contribution in [0.2, 0.25) is 0 Å². The fourth-order valence-electron chi connectivity index (χ4n) is 2.36. The molecule has 0 aliphatic heterocycles. The zero-order valence-corrected chi connectivity index (χ0v) is 12.1. The van der Waals surface area contributed by atoms with Crippen molar-refractivity contribution in [1.29, 1.82) is 0 Å². The van der Waals surface area contributed by atoms with Gasteiger partial charge in [-0.25, -0.2) is 4.98 Å². The number of hydrogen-bond donors (Lipinski definition) is 1. The van der Waals surface area contributed by atoms with Crippen LogP contribution in [0.15, 0.2) is 48.7 Å². The summed E-state index contributed by atoms with van der Waals surface area (Å²) < 4.78 is 0. The van der Waals surface area contributed by atoms with Crippen LogP contribution in [0.3, 0.4) is 0 Å². The third-order valence-corrected chi connectivity index (χ3v) is 4.01. The van der Waals surface area contributed by atoms with Gasteiger partial charge in [0.05, 0.1) is 11.9 Å². The van der Waals surface area contributed by atoms with Gasteiger partial charge in [0.25, 0.3) is 0 Å². The van der Waals surface area contributed by atoms with Gasteiger partial charge in [0.1, 0.15) is 5.82 Å². The first kappa shape index (κ1) is 13.6. The molecule has 1 saturated carbocycles. The van der Waals surface area contributed by atoms with Crippen LogP contribution in [0.5, 0.6) is 0 Å². The highest BCUT2D eigenvalue weighted by atomic mass is 16.2. The Hall–Kier alpha value is -2.36. The number of carbonyl (C=O) groups is 1. The Morgan fingerprint density at radius 2 is 1.90 bits per heavy atom. The fraction of sp³-hybridized carbons (Fsp3) is 0.294. The summed E-state index contributed by atoms with van der Waals surface area (Å²) in [4.78, 5) is 18.3. The molecule has 3 rings (SSSR count). The third-order valence-electron chi connectivity index (χ3n) is 4.01. The first-order chi connectivity index (χ1) is 10.2. The topological polar surface area (TPSA) is 45.2 Å². The number of anilines is 3. The van der Waals surface area contributed by atoms with Crippen molar-refractivity contribution in [3.05, 3.63) is 48.7 Å². The maximum absolute atomic E-state index is 11.9. The SMILES string of the molecule is CN(c1ccccc1)c1ccc(NC(=O)C2CCC2)nc1. The molecule has 1 N–H and O–H groups in total. The van der Waals surface area contributed by atoms with Crippen molar-refractivity contribution < 1.29 is 4.79 Å². The maximum Gasteiger partial charge on any atom is 0.228 e. The van der Waals surface area contributed by atoms with Crippen LogP contribution in [-0.4, -0.2) is 17.9 Å². The van der Waals surface area contributed by atoms with Gasteiger partial charge >= 0.3 is 0 Å². The monoisotopic (exact) mass is 281 g/mol. The number of amides is 1. The Balaban J connectivity index is 1.67. The molecular weight excluding hydrogens is 262 g/mol. The van der Waals surface area contributed by atoms with Crippen LogP contribution in [-0.2, 0) is 4.79 Å². The van der Waals surface area contributed by atoms with Crippen molar-refractivity contribution >= 4 is 23.1 Å². The number of carbonyl (C=O) groups excluding carboxylic acids is 1. The van der Waals surface area contributed by atoms with Gasteiger partial charge in [0, 0.05) is 18.7 Å². The Bertz CT molecular complexity index is 606. The quantitative estimate of drug-likeness (QED) is 0.931. The van der Waals surface area contributed by atoms with Gasteiger partial charge in [-0.2, -0.15) is 0 Å². The zero-order chi connectivity index (χ0) is 14.7. The van der Waals surface area contributed by atoms with Crippen molar-refractivity contribution in [2.45, 2.75) is 19.3 Å². The minimum Gasteiger partial charge on any atom is -0.343 e. The lowest BCUT2D eigenvalue weighted by molar-refractivity contribution is -0.122. The van der Waals surface area contributed by atoms with E-state index in [9.17, 15) is 4.79 Å². The lowest BCUT2D eigenvalue weighted by Gasteiger charge is -2.24. The molecule has 1 aromatic heterocycles. The van der Waals surface area contributed by atoms with Gasteiger partial charge in [-0.05, 0) is 37.1 Å². The van der Waals surface area contributed by atoms with E-state index in [0.717, 1.165) is 30.6 Å². The van der Waals surface area contributed by atoms with E-state index >= 15 is 0 Å². The number of pyridine rings is 1. The van der Waals surface area contributed by atoms with Gasteiger partial charge in [-0.1, -0.05) is 24.6 Å². The van der Waals surface area contributed by atoms with E-state index in [1.54, 1.807) is 6.20 Å². The lowest BCUT2D eigenvalue weighted by atomic mass is 9.85. The molecule has 1 aliphatic rings. The summed E-state index contributed by atoms with van der Waals surface area (Å²) in [5.41, 5.74) is 2.09. The van der Waals surface area contributed by atoms with E-state index in [0.29, 0.717) is 5.82 Å². The number of hydrogen-bond acceptors (Lipinski definition) is 3. The highest BCUT2D eigenvalue weighted by Crippen LogP contribution is 2.28. The number of para-hydroxylation sites is 1. The number of benzene rings is 1. The van der Waals surface area contributed by atoms with E-state index in [-0.39, 0.29) is 11.8 Å². The number of nitrogens with zero attached hydrogens (tertiary/aromatic N) is 2. The number of nitrogens with one attached hydrogen (secondary N) is 1. The molecule has 1 aliphatic carbocycles. The normalized spacial score (nSPS) is 14.3. The molecule has 0 radical (unpaired) electrons. The Labute approximate surface area is 124 Å². The summed E-state index contributed by atoms with van der Waals surface area (Å²) >= 11 is 0. The molecule has 0 atom stereocenters. The molecule has 21 heavy (non-hydrogen) atoms. The van der Waals surface area contributed by atoms with Crippen LogP contribution in [0, 0.1) is 5.92 Å². The van der Waals surface area contributed by atoms with Crippen molar-refractivity contribution in [3.63, 3.8) is 0 Å². The number of rotatable bonds is 4. The van der Waals surface area contributed by atoms with Crippen molar-refractivity contribution in [3.8, 4) is 0 Å². The highest BCUT2D eigenvalue weighted by molar-refractivity contribution is 5.92. The summed E-state index contributed by atoms with van der Waals surface area (Å²) in [6, 6.07) is 13.9. The molecule has 4 heteroatoms. The molecule has 1 aromatic carbocycles. The van der Waals surface area contributed by atoms with Crippen molar-refractivity contribution in [2.75, 3.05) is 17.3 Å². The predicted octanol–water partition coefficient (Wildman–Crippen LogP) is 3.59. The van der Waals surface area contributed by atoms with Gasteiger partial charge < -0.3 is 10.2 Å². The second kappa shape index (κ2) is 5.95. The van der Waals surface area contributed by atoms with Gasteiger partial charge in [0.2, 0.25) is 5.91 Å². The molecule has 0 bridgehead atoms. The largest absolute Gasteiger partial charge is 0.343 e. The first-order valence-electron chi connectivity index (χ1n) is 7.30. The van der Waals surface area contributed by atoms with Crippen LogP contribution < -0.4 is 10.2 Å². The standard InChI is InChI=1S/C17H19N3O/c1-20(14-8-3-2-4-9-14)15-10-11-16(18-12-15)19-17(21)13-6-5-7-13/h2-4,8-13H,5-7H2,1H3,(H,18,19,21).